The predicted octanol–water partition coefficient (Wildman–Crippen LogP) is 2.29. The molecular formula is C12H14F2N2. The topological polar surface area (TPSA) is 24.4 Å². The van der Waals surface area contributed by atoms with Crippen molar-refractivity contribution in [1.82, 2.24) is 5.32 Å². The van der Waals surface area contributed by atoms with E-state index in [1.807, 2.05) is 0 Å². The van der Waals surface area contributed by atoms with Crippen LogP contribution in [0.15, 0.2) is 23.2 Å². The maximum atomic E-state index is 12.9. The highest BCUT2D eigenvalue weighted by atomic mass is 19.1. The third-order valence-corrected chi connectivity index (χ3v) is 2.54. The third-order valence-electron chi connectivity index (χ3n) is 2.54. The van der Waals surface area contributed by atoms with Gasteiger partial charge in [-0.25, -0.2) is 8.78 Å². The van der Waals surface area contributed by atoms with E-state index in [-0.39, 0.29) is 0 Å². The lowest BCUT2D eigenvalue weighted by molar-refractivity contribution is 0.579. The molecule has 1 aliphatic heterocycles. The minimum Gasteiger partial charge on any atom is -0.374 e. The van der Waals surface area contributed by atoms with E-state index >= 15 is 0 Å². The Balaban J connectivity index is 1.84. The van der Waals surface area contributed by atoms with E-state index in [0.717, 1.165) is 31.3 Å². The molecule has 0 unspecified atom stereocenters. The number of nitrogens with one attached hydrogen (secondary N) is 1. The van der Waals surface area contributed by atoms with Crippen LogP contribution < -0.4 is 5.32 Å². The highest BCUT2D eigenvalue weighted by molar-refractivity contribution is 5.83. The van der Waals surface area contributed by atoms with Crippen molar-refractivity contribution in [1.29, 1.82) is 0 Å². The Morgan fingerprint density at radius 3 is 2.56 bits per heavy atom. The first-order chi connectivity index (χ1) is 7.74. The Bertz CT molecular complexity index is 382. The van der Waals surface area contributed by atoms with E-state index in [1.165, 1.54) is 12.1 Å². The molecule has 0 saturated carbocycles. The molecule has 2 nitrogen and oxygen atoms in total. The Kier molecular flexibility index (Phi) is 3.49. The Hall–Kier alpha value is -1.45. The summed E-state index contributed by atoms with van der Waals surface area (Å²) in [6.45, 7) is 1.55. The van der Waals surface area contributed by atoms with Crippen molar-refractivity contribution in [3.05, 3.63) is 35.4 Å². The molecule has 2 rings (SSSR count). The summed E-state index contributed by atoms with van der Waals surface area (Å²) < 4.78 is 25.7. The second kappa shape index (κ2) is 5.05. The maximum Gasteiger partial charge on any atom is 0.126 e. The summed E-state index contributed by atoms with van der Waals surface area (Å²) in [5.74, 6) is -0.0294. The number of hydrogen-bond acceptors (Lipinski definition) is 2. The molecule has 0 aromatic heterocycles. The van der Waals surface area contributed by atoms with Crippen LogP contribution in [0.25, 0.3) is 0 Å². The van der Waals surface area contributed by atoms with E-state index in [1.54, 1.807) is 0 Å². The lowest BCUT2D eigenvalue weighted by Gasteiger charge is -2.05. The van der Waals surface area contributed by atoms with Crippen LogP contribution in [0.4, 0.5) is 8.78 Å². The molecule has 1 aliphatic rings. The van der Waals surface area contributed by atoms with E-state index < -0.39 is 11.6 Å². The maximum absolute atomic E-state index is 12.9. The van der Waals surface area contributed by atoms with Gasteiger partial charge in [-0.3, -0.25) is 4.99 Å². The van der Waals surface area contributed by atoms with Gasteiger partial charge in [-0.1, -0.05) is 0 Å². The van der Waals surface area contributed by atoms with Crippen molar-refractivity contribution in [3.63, 3.8) is 0 Å². The first-order valence-electron chi connectivity index (χ1n) is 5.46. The van der Waals surface area contributed by atoms with Crippen molar-refractivity contribution in [2.24, 2.45) is 4.99 Å². The fraction of sp³-hybridized carbons (Fsp3) is 0.417. The molecule has 16 heavy (non-hydrogen) atoms. The minimum atomic E-state index is -0.520. The second-order valence-electron chi connectivity index (χ2n) is 3.89. The van der Waals surface area contributed by atoms with Gasteiger partial charge in [-0.2, -0.15) is 0 Å². The highest BCUT2D eigenvalue weighted by Gasteiger charge is 2.05. The second-order valence-corrected chi connectivity index (χ2v) is 3.89. The van der Waals surface area contributed by atoms with Crippen LogP contribution in [-0.4, -0.2) is 18.9 Å². The summed E-state index contributed by atoms with van der Waals surface area (Å²) in [7, 11) is 0. The van der Waals surface area contributed by atoms with Crippen molar-refractivity contribution < 1.29 is 8.78 Å². The van der Waals surface area contributed by atoms with Crippen molar-refractivity contribution in [3.8, 4) is 0 Å². The summed E-state index contributed by atoms with van der Waals surface area (Å²) in [5.41, 5.74) is 0.670. The molecule has 4 heteroatoms. The van der Waals surface area contributed by atoms with E-state index in [4.69, 9.17) is 0 Å². The molecule has 0 atom stereocenters. The van der Waals surface area contributed by atoms with Gasteiger partial charge in [0.2, 0.25) is 0 Å². The fourth-order valence-electron chi connectivity index (χ4n) is 1.79. The summed E-state index contributed by atoms with van der Waals surface area (Å²) in [5, 5.41) is 3.17. The number of rotatable bonds is 3. The first kappa shape index (κ1) is 11.0. The monoisotopic (exact) mass is 224 g/mol. The van der Waals surface area contributed by atoms with Gasteiger partial charge in [0.1, 0.15) is 11.6 Å². The molecule has 1 N–H and O–H groups in total. The van der Waals surface area contributed by atoms with Crippen LogP contribution >= 0.6 is 0 Å². The van der Waals surface area contributed by atoms with Gasteiger partial charge in [0.05, 0.1) is 5.84 Å². The lowest BCUT2D eigenvalue weighted by atomic mass is 10.1. The molecule has 0 saturated heterocycles. The zero-order chi connectivity index (χ0) is 11.4. The van der Waals surface area contributed by atoms with E-state index in [9.17, 15) is 8.78 Å². The molecule has 1 aromatic carbocycles. The number of aliphatic imine (C=N–C) groups is 1. The standard InChI is InChI=1S/C12H14F2N2/c13-10-6-9(7-11(14)8-10)3-5-16-12-2-1-4-15-12/h6-8H,1-5H2,(H,15,16). The van der Waals surface area contributed by atoms with Gasteiger partial charge in [0, 0.05) is 25.6 Å². The molecule has 0 bridgehead atoms. The highest BCUT2D eigenvalue weighted by Crippen LogP contribution is 2.08. The number of nitrogens with zero attached hydrogens (tertiary/aromatic N) is 1. The largest absolute Gasteiger partial charge is 0.374 e. The van der Waals surface area contributed by atoms with Gasteiger partial charge in [0.25, 0.3) is 0 Å². The molecule has 1 aromatic rings. The number of halogens is 2. The fourth-order valence-corrected chi connectivity index (χ4v) is 1.79. The van der Waals surface area contributed by atoms with Crippen LogP contribution in [0.3, 0.4) is 0 Å². The number of hydrogen-bond donors (Lipinski definition) is 1. The zero-order valence-corrected chi connectivity index (χ0v) is 8.97. The molecule has 0 radical (unpaired) electrons. The minimum absolute atomic E-state index is 0.520. The zero-order valence-electron chi connectivity index (χ0n) is 8.97. The van der Waals surface area contributed by atoms with Crippen molar-refractivity contribution in [2.45, 2.75) is 19.3 Å². The first-order valence-corrected chi connectivity index (χ1v) is 5.46. The van der Waals surface area contributed by atoms with Crippen LogP contribution in [0, 0.1) is 11.6 Å². The third kappa shape index (κ3) is 3.02. The average Bonchev–Trinajstić information content (AvgIpc) is 2.69. The summed E-state index contributed by atoms with van der Waals surface area (Å²) >= 11 is 0. The Morgan fingerprint density at radius 2 is 1.94 bits per heavy atom. The normalized spacial score (nSPS) is 15.0. The van der Waals surface area contributed by atoms with Gasteiger partial charge < -0.3 is 5.32 Å². The number of amidine groups is 1. The number of benzene rings is 1. The quantitative estimate of drug-likeness (QED) is 0.837. The van der Waals surface area contributed by atoms with Gasteiger partial charge in [-0.15, -0.1) is 0 Å². The Morgan fingerprint density at radius 1 is 1.19 bits per heavy atom. The van der Waals surface area contributed by atoms with E-state index in [2.05, 4.69) is 10.3 Å². The van der Waals surface area contributed by atoms with Gasteiger partial charge >= 0.3 is 0 Å². The molecule has 0 amide bonds. The van der Waals surface area contributed by atoms with Gasteiger partial charge in [-0.05, 0) is 30.5 Å². The van der Waals surface area contributed by atoms with Gasteiger partial charge in [0.15, 0.2) is 0 Å². The van der Waals surface area contributed by atoms with Crippen LogP contribution in [0.1, 0.15) is 18.4 Å². The molecular weight excluding hydrogens is 210 g/mol. The lowest BCUT2D eigenvalue weighted by Crippen LogP contribution is -2.23. The van der Waals surface area contributed by atoms with Crippen molar-refractivity contribution >= 4 is 5.84 Å². The smallest absolute Gasteiger partial charge is 0.126 e. The summed E-state index contributed by atoms with van der Waals surface area (Å²) in [6, 6.07) is 3.61. The average molecular weight is 224 g/mol. The molecule has 0 fully saturated rings. The summed E-state index contributed by atoms with van der Waals surface area (Å²) in [4.78, 5) is 4.26. The van der Waals surface area contributed by atoms with Crippen LogP contribution in [-0.2, 0) is 6.42 Å². The van der Waals surface area contributed by atoms with Crippen LogP contribution in [0.5, 0.6) is 0 Å². The molecule has 0 spiro atoms. The molecule has 0 aliphatic carbocycles. The van der Waals surface area contributed by atoms with Crippen LogP contribution in [0.2, 0.25) is 0 Å². The Labute approximate surface area is 93.4 Å². The summed E-state index contributed by atoms with van der Waals surface area (Å²) in [6.07, 6.45) is 2.68. The van der Waals surface area contributed by atoms with Crippen molar-refractivity contribution in [2.75, 3.05) is 13.1 Å². The molecule has 1 heterocycles. The SMILES string of the molecule is Fc1cc(F)cc(CCNC2=NCCC2)c1. The van der Waals surface area contributed by atoms with E-state index in [0.29, 0.717) is 18.5 Å². The predicted molar refractivity (Wildman–Crippen MR) is 59.6 cm³/mol. The molecule has 86 valence electrons.